The van der Waals surface area contributed by atoms with Crippen molar-refractivity contribution in [1.29, 1.82) is 5.26 Å². The fourth-order valence-electron chi connectivity index (χ4n) is 0.481. The summed E-state index contributed by atoms with van der Waals surface area (Å²) in [5.74, 6) is -1.67. The molecular weight excluding hydrogens is 150 g/mol. The molecule has 1 aromatic rings. The van der Waals surface area contributed by atoms with Gasteiger partial charge in [0.25, 0.3) is 5.82 Å². The molecule has 0 fully saturated rings. The zero-order valence-electron chi connectivity index (χ0n) is 5.31. The Kier molecular flexibility index (Phi) is 1.83. The Labute approximate surface area is 61.1 Å². The van der Waals surface area contributed by atoms with Gasteiger partial charge in [-0.1, -0.05) is 0 Å². The lowest BCUT2D eigenvalue weighted by atomic mass is 10.5. The lowest BCUT2D eigenvalue weighted by molar-refractivity contribution is 0.0680. The topological polar surface area (TPSA) is 100 Å². The SMILES string of the molecule is N#CCc1nc(C(=O)O)no1. The zero-order valence-corrected chi connectivity index (χ0v) is 5.31. The second-order valence-corrected chi connectivity index (χ2v) is 1.65. The van der Waals surface area contributed by atoms with Crippen molar-refractivity contribution in [2.24, 2.45) is 0 Å². The summed E-state index contributed by atoms with van der Waals surface area (Å²) in [4.78, 5) is 13.6. The highest BCUT2D eigenvalue weighted by atomic mass is 16.5. The molecule has 0 aliphatic heterocycles. The maximum absolute atomic E-state index is 10.2. The number of carboxylic acid groups (broad SMARTS) is 1. The average Bonchev–Trinajstić information content (AvgIpc) is 2.37. The Morgan fingerprint density at radius 2 is 2.55 bits per heavy atom. The Morgan fingerprint density at radius 3 is 3.00 bits per heavy atom. The largest absolute Gasteiger partial charge is 0.475 e. The van der Waals surface area contributed by atoms with Crippen LogP contribution in [0, 0.1) is 11.3 Å². The van der Waals surface area contributed by atoms with Gasteiger partial charge in [0, 0.05) is 0 Å². The number of hydrogen-bond donors (Lipinski definition) is 1. The molecule has 1 N–H and O–H groups in total. The quantitative estimate of drug-likeness (QED) is 0.633. The van der Waals surface area contributed by atoms with Crippen molar-refractivity contribution < 1.29 is 14.4 Å². The molecule has 1 heterocycles. The van der Waals surface area contributed by atoms with E-state index in [1.165, 1.54) is 0 Å². The molecule has 6 nitrogen and oxygen atoms in total. The van der Waals surface area contributed by atoms with Crippen LogP contribution in [0.3, 0.4) is 0 Å². The molecule has 6 heteroatoms. The van der Waals surface area contributed by atoms with E-state index in [1.54, 1.807) is 6.07 Å². The predicted octanol–water partition coefficient (Wildman–Crippen LogP) is -0.166. The Morgan fingerprint density at radius 1 is 1.82 bits per heavy atom. The zero-order chi connectivity index (χ0) is 8.27. The van der Waals surface area contributed by atoms with E-state index >= 15 is 0 Å². The van der Waals surface area contributed by atoms with Gasteiger partial charge in [-0.25, -0.2) is 4.79 Å². The molecule has 56 valence electrons. The van der Waals surface area contributed by atoms with Gasteiger partial charge in [-0.2, -0.15) is 10.2 Å². The van der Waals surface area contributed by atoms with E-state index in [2.05, 4.69) is 14.7 Å². The van der Waals surface area contributed by atoms with Crippen LogP contribution in [0.2, 0.25) is 0 Å². The molecule has 0 saturated carbocycles. The summed E-state index contributed by atoms with van der Waals surface area (Å²) < 4.78 is 4.40. The maximum Gasteiger partial charge on any atom is 0.377 e. The number of hydrogen-bond acceptors (Lipinski definition) is 5. The second kappa shape index (κ2) is 2.79. The van der Waals surface area contributed by atoms with E-state index in [1.807, 2.05) is 0 Å². The van der Waals surface area contributed by atoms with Crippen molar-refractivity contribution in [1.82, 2.24) is 10.1 Å². The van der Waals surface area contributed by atoms with Crippen LogP contribution in [0.4, 0.5) is 0 Å². The second-order valence-electron chi connectivity index (χ2n) is 1.65. The van der Waals surface area contributed by atoms with E-state index < -0.39 is 11.8 Å². The van der Waals surface area contributed by atoms with Gasteiger partial charge >= 0.3 is 5.97 Å². The molecule has 0 spiro atoms. The van der Waals surface area contributed by atoms with E-state index in [-0.39, 0.29) is 12.3 Å². The fraction of sp³-hybridized carbons (Fsp3) is 0.200. The number of aromatic nitrogens is 2. The van der Waals surface area contributed by atoms with Crippen LogP contribution in [0.5, 0.6) is 0 Å². The van der Waals surface area contributed by atoms with Gasteiger partial charge < -0.3 is 9.63 Å². The molecule has 1 rings (SSSR count). The normalized spacial score (nSPS) is 9.00. The molecule has 0 saturated heterocycles. The third-order valence-corrected chi connectivity index (χ3v) is 0.890. The maximum atomic E-state index is 10.2. The van der Waals surface area contributed by atoms with Crippen LogP contribution in [0.15, 0.2) is 4.52 Å². The molecule has 0 bridgehead atoms. The molecular formula is C5H3N3O3. The average molecular weight is 153 g/mol. The molecule has 0 unspecified atom stereocenters. The highest BCUT2D eigenvalue weighted by Gasteiger charge is 2.11. The van der Waals surface area contributed by atoms with E-state index in [0.717, 1.165) is 0 Å². The lowest BCUT2D eigenvalue weighted by Crippen LogP contribution is -1.98. The highest BCUT2D eigenvalue weighted by molar-refractivity contribution is 5.82. The minimum Gasteiger partial charge on any atom is -0.475 e. The summed E-state index contributed by atoms with van der Waals surface area (Å²) in [6, 6.07) is 1.75. The number of carboxylic acids is 1. The van der Waals surface area contributed by atoms with Crippen LogP contribution < -0.4 is 0 Å². The van der Waals surface area contributed by atoms with E-state index in [9.17, 15) is 4.79 Å². The lowest BCUT2D eigenvalue weighted by Gasteiger charge is -1.76. The van der Waals surface area contributed by atoms with Gasteiger partial charge in [-0.15, -0.1) is 0 Å². The first kappa shape index (κ1) is 7.21. The fourth-order valence-corrected chi connectivity index (χ4v) is 0.481. The van der Waals surface area contributed by atoms with Gasteiger partial charge in [0.2, 0.25) is 5.89 Å². The van der Waals surface area contributed by atoms with E-state index in [0.29, 0.717) is 0 Å². The van der Waals surface area contributed by atoms with Crippen molar-refractivity contribution in [3.63, 3.8) is 0 Å². The van der Waals surface area contributed by atoms with Crippen molar-refractivity contribution in [3.8, 4) is 6.07 Å². The van der Waals surface area contributed by atoms with Crippen molar-refractivity contribution in [3.05, 3.63) is 11.7 Å². The van der Waals surface area contributed by atoms with Gasteiger partial charge in [0.05, 0.1) is 6.07 Å². The van der Waals surface area contributed by atoms with Crippen LogP contribution in [0.1, 0.15) is 16.5 Å². The molecule has 1 aromatic heterocycles. The van der Waals surface area contributed by atoms with Gasteiger partial charge in [-0.05, 0) is 5.16 Å². The highest BCUT2D eigenvalue weighted by Crippen LogP contribution is 1.96. The third kappa shape index (κ3) is 1.52. The number of carbonyl (C=O) groups is 1. The summed E-state index contributed by atoms with van der Waals surface area (Å²) in [5.41, 5.74) is 0. The molecule has 11 heavy (non-hydrogen) atoms. The summed E-state index contributed by atoms with van der Waals surface area (Å²) in [5, 5.41) is 19.5. The monoisotopic (exact) mass is 153 g/mol. The Hall–Kier alpha value is -1.90. The molecule has 0 aliphatic rings. The number of rotatable bonds is 2. The number of nitriles is 1. The summed E-state index contributed by atoms with van der Waals surface area (Å²) in [6.07, 6.45) is -0.0692. The van der Waals surface area contributed by atoms with Crippen LogP contribution in [-0.2, 0) is 6.42 Å². The first-order valence-electron chi connectivity index (χ1n) is 2.67. The van der Waals surface area contributed by atoms with Crippen LogP contribution in [0.25, 0.3) is 0 Å². The smallest absolute Gasteiger partial charge is 0.377 e. The number of nitrogens with zero attached hydrogens (tertiary/aromatic N) is 3. The standard InChI is InChI=1S/C5H3N3O3/c6-2-1-3-7-4(5(9)10)8-11-3/h1H2,(H,9,10). The summed E-state index contributed by atoms with van der Waals surface area (Å²) in [6.45, 7) is 0. The van der Waals surface area contributed by atoms with Gasteiger partial charge in [0.1, 0.15) is 6.42 Å². The van der Waals surface area contributed by atoms with Crippen LogP contribution in [-0.4, -0.2) is 21.2 Å². The molecule has 0 aliphatic carbocycles. The molecule has 0 aromatic carbocycles. The summed E-state index contributed by atoms with van der Waals surface area (Å²) in [7, 11) is 0. The molecule has 0 amide bonds. The predicted molar refractivity (Wildman–Crippen MR) is 30.6 cm³/mol. The number of aromatic carboxylic acids is 1. The summed E-state index contributed by atoms with van der Waals surface area (Å²) >= 11 is 0. The molecule has 0 atom stereocenters. The molecule has 0 radical (unpaired) electrons. The first-order chi connectivity index (χ1) is 5.24. The van der Waals surface area contributed by atoms with Gasteiger partial charge in [-0.3, -0.25) is 0 Å². The van der Waals surface area contributed by atoms with E-state index in [4.69, 9.17) is 10.4 Å². The third-order valence-electron chi connectivity index (χ3n) is 0.890. The van der Waals surface area contributed by atoms with Crippen molar-refractivity contribution in [2.75, 3.05) is 0 Å². The van der Waals surface area contributed by atoms with Crippen molar-refractivity contribution in [2.45, 2.75) is 6.42 Å². The van der Waals surface area contributed by atoms with Crippen molar-refractivity contribution >= 4 is 5.97 Å². The minimum atomic E-state index is -1.27. The Bertz CT molecular complexity index is 311. The minimum absolute atomic E-state index is 0.0184. The van der Waals surface area contributed by atoms with Crippen LogP contribution >= 0.6 is 0 Å². The first-order valence-corrected chi connectivity index (χ1v) is 2.67. The van der Waals surface area contributed by atoms with Gasteiger partial charge in [0.15, 0.2) is 0 Å². The Balaban J connectivity index is 2.83.